The summed E-state index contributed by atoms with van der Waals surface area (Å²) >= 11 is 0. The van der Waals surface area contributed by atoms with Gasteiger partial charge in [0.2, 0.25) is 0 Å². The van der Waals surface area contributed by atoms with Crippen molar-refractivity contribution >= 4 is 11.7 Å². The third-order valence-electron chi connectivity index (χ3n) is 2.97. The van der Waals surface area contributed by atoms with E-state index in [0.29, 0.717) is 12.3 Å². The van der Waals surface area contributed by atoms with Gasteiger partial charge >= 0.3 is 5.97 Å². The van der Waals surface area contributed by atoms with Gasteiger partial charge in [-0.15, -0.1) is 0 Å². The van der Waals surface area contributed by atoms with Crippen LogP contribution in [-0.2, 0) is 9.53 Å². The van der Waals surface area contributed by atoms with E-state index in [1.807, 2.05) is 12.1 Å². The number of benzene rings is 1. The summed E-state index contributed by atoms with van der Waals surface area (Å²) in [6.45, 7) is 5.02. The molecule has 0 aromatic heterocycles. The van der Waals surface area contributed by atoms with Crippen LogP contribution in [0.4, 0.5) is 5.69 Å². The largest absolute Gasteiger partial charge is 0.496 e. The molecule has 0 heterocycles. The lowest BCUT2D eigenvalue weighted by Gasteiger charge is -2.14. The Bertz CT molecular complexity index is 416. The first kappa shape index (κ1) is 15.3. The molecule has 0 amide bonds. The van der Waals surface area contributed by atoms with Crippen LogP contribution in [0.2, 0.25) is 0 Å². The van der Waals surface area contributed by atoms with Gasteiger partial charge in [0.1, 0.15) is 5.75 Å². The first-order valence-electron chi connectivity index (χ1n) is 6.57. The third-order valence-corrected chi connectivity index (χ3v) is 2.97. The second-order valence-corrected chi connectivity index (χ2v) is 4.72. The van der Waals surface area contributed by atoms with Crippen LogP contribution in [-0.4, -0.2) is 26.7 Å². The summed E-state index contributed by atoms with van der Waals surface area (Å²) in [5, 5.41) is 3.31. The van der Waals surface area contributed by atoms with E-state index in [9.17, 15) is 4.79 Å². The van der Waals surface area contributed by atoms with Crippen molar-refractivity contribution in [1.82, 2.24) is 0 Å². The summed E-state index contributed by atoms with van der Waals surface area (Å²) in [4.78, 5) is 11.0. The summed E-state index contributed by atoms with van der Waals surface area (Å²) < 4.78 is 9.94. The molecule has 0 radical (unpaired) electrons. The molecule has 0 saturated carbocycles. The minimum atomic E-state index is -0.167. The Morgan fingerprint density at radius 3 is 2.63 bits per heavy atom. The Hall–Kier alpha value is -1.71. The van der Waals surface area contributed by atoms with Crippen molar-refractivity contribution in [2.75, 3.05) is 26.1 Å². The lowest BCUT2D eigenvalue weighted by Crippen LogP contribution is -2.07. The summed E-state index contributed by atoms with van der Waals surface area (Å²) in [5.74, 6) is 1.15. The second-order valence-electron chi connectivity index (χ2n) is 4.72. The van der Waals surface area contributed by atoms with E-state index in [4.69, 9.17) is 4.74 Å². The van der Waals surface area contributed by atoms with Gasteiger partial charge in [-0.1, -0.05) is 13.8 Å². The average Bonchev–Trinajstić information content (AvgIpc) is 2.42. The van der Waals surface area contributed by atoms with Gasteiger partial charge in [-0.25, -0.2) is 0 Å². The Kier molecular flexibility index (Phi) is 6.19. The maximum Gasteiger partial charge on any atom is 0.305 e. The highest BCUT2D eigenvalue weighted by molar-refractivity contribution is 5.69. The van der Waals surface area contributed by atoms with Gasteiger partial charge in [-0.05, 0) is 36.1 Å². The molecule has 106 valence electrons. The molecular formula is C15H23NO3. The summed E-state index contributed by atoms with van der Waals surface area (Å²) in [6.07, 6.45) is 1.20. The van der Waals surface area contributed by atoms with Crippen molar-refractivity contribution in [2.24, 2.45) is 0 Å². The fraction of sp³-hybridized carbons (Fsp3) is 0.533. The second kappa shape index (κ2) is 7.67. The highest BCUT2D eigenvalue weighted by Crippen LogP contribution is 2.29. The predicted octanol–water partition coefficient (Wildman–Crippen LogP) is 3.18. The molecule has 0 bridgehead atoms. The van der Waals surface area contributed by atoms with Crippen LogP contribution < -0.4 is 10.1 Å². The van der Waals surface area contributed by atoms with E-state index >= 15 is 0 Å². The fourth-order valence-electron chi connectivity index (χ4n) is 1.86. The maximum atomic E-state index is 11.0. The monoisotopic (exact) mass is 265 g/mol. The lowest BCUT2D eigenvalue weighted by molar-refractivity contribution is -0.140. The number of anilines is 1. The summed E-state index contributed by atoms with van der Waals surface area (Å²) in [7, 11) is 3.10. The van der Waals surface area contributed by atoms with Crippen molar-refractivity contribution in [2.45, 2.75) is 32.6 Å². The molecule has 0 atom stereocenters. The van der Waals surface area contributed by atoms with E-state index in [1.54, 1.807) is 7.11 Å². The number of ether oxygens (including phenoxy) is 2. The van der Waals surface area contributed by atoms with Gasteiger partial charge in [0.15, 0.2) is 0 Å². The molecule has 0 spiro atoms. The Balaban J connectivity index is 2.55. The number of methoxy groups -OCH3 is 2. The number of rotatable bonds is 7. The molecule has 0 fully saturated rings. The minimum absolute atomic E-state index is 0.167. The molecule has 1 aromatic rings. The number of nitrogens with one attached hydrogen (secondary N) is 1. The zero-order valence-electron chi connectivity index (χ0n) is 12.2. The summed E-state index contributed by atoms with van der Waals surface area (Å²) in [5.41, 5.74) is 2.23. The predicted molar refractivity (Wildman–Crippen MR) is 76.8 cm³/mol. The lowest BCUT2D eigenvalue weighted by atomic mass is 10.0. The zero-order valence-corrected chi connectivity index (χ0v) is 12.2. The highest BCUT2D eigenvalue weighted by Gasteiger charge is 2.08. The van der Waals surface area contributed by atoms with Crippen molar-refractivity contribution in [1.29, 1.82) is 0 Å². The zero-order chi connectivity index (χ0) is 14.3. The molecule has 1 N–H and O–H groups in total. The van der Waals surface area contributed by atoms with Crippen LogP contribution >= 0.6 is 0 Å². The van der Waals surface area contributed by atoms with Gasteiger partial charge in [0, 0.05) is 18.7 Å². The van der Waals surface area contributed by atoms with E-state index in [0.717, 1.165) is 24.4 Å². The molecule has 4 nitrogen and oxygen atoms in total. The summed E-state index contributed by atoms with van der Waals surface area (Å²) in [6, 6.07) is 6.06. The fourth-order valence-corrected chi connectivity index (χ4v) is 1.86. The number of esters is 1. The Morgan fingerprint density at radius 1 is 1.32 bits per heavy atom. The highest BCUT2D eigenvalue weighted by atomic mass is 16.5. The normalized spacial score (nSPS) is 10.4. The molecule has 0 aliphatic carbocycles. The van der Waals surface area contributed by atoms with Crippen molar-refractivity contribution in [3.05, 3.63) is 23.8 Å². The first-order valence-corrected chi connectivity index (χ1v) is 6.57. The number of carbonyl (C=O) groups excluding carboxylic acids is 1. The molecule has 1 rings (SSSR count). The van der Waals surface area contributed by atoms with Gasteiger partial charge in [0.25, 0.3) is 0 Å². The van der Waals surface area contributed by atoms with Crippen LogP contribution in [0.15, 0.2) is 18.2 Å². The smallest absolute Gasteiger partial charge is 0.305 e. The molecule has 19 heavy (non-hydrogen) atoms. The van der Waals surface area contributed by atoms with Gasteiger partial charge in [-0.3, -0.25) is 4.79 Å². The Labute approximate surface area is 115 Å². The standard InChI is InChI=1S/C15H23NO3/c1-11(2)13-10-12(7-8-14(13)18-3)16-9-5-6-15(17)19-4/h7-8,10-11,16H,5-6,9H2,1-4H3. The quantitative estimate of drug-likeness (QED) is 0.607. The number of carbonyl (C=O) groups is 1. The molecule has 0 unspecified atom stereocenters. The van der Waals surface area contributed by atoms with E-state index < -0.39 is 0 Å². The van der Waals surface area contributed by atoms with Crippen molar-refractivity contribution < 1.29 is 14.3 Å². The topological polar surface area (TPSA) is 47.6 Å². The van der Waals surface area contributed by atoms with Crippen molar-refractivity contribution in [3.8, 4) is 5.75 Å². The van der Waals surface area contributed by atoms with E-state index in [2.05, 4.69) is 30.0 Å². The molecule has 0 saturated heterocycles. The van der Waals surface area contributed by atoms with Crippen molar-refractivity contribution in [3.63, 3.8) is 0 Å². The van der Waals surface area contributed by atoms with Gasteiger partial charge < -0.3 is 14.8 Å². The van der Waals surface area contributed by atoms with E-state index in [1.165, 1.54) is 12.7 Å². The molecule has 1 aromatic carbocycles. The maximum absolute atomic E-state index is 11.0. The molecule has 0 aliphatic rings. The molecule has 4 heteroatoms. The van der Waals surface area contributed by atoms with Gasteiger partial charge in [-0.2, -0.15) is 0 Å². The SMILES string of the molecule is COC(=O)CCCNc1ccc(OC)c(C(C)C)c1. The van der Waals surface area contributed by atoms with Crippen LogP contribution in [0.5, 0.6) is 5.75 Å². The average molecular weight is 265 g/mol. The van der Waals surface area contributed by atoms with Crippen LogP contribution in [0, 0.1) is 0 Å². The van der Waals surface area contributed by atoms with Crippen LogP contribution in [0.25, 0.3) is 0 Å². The molecule has 0 aliphatic heterocycles. The van der Waals surface area contributed by atoms with Crippen LogP contribution in [0.3, 0.4) is 0 Å². The van der Waals surface area contributed by atoms with Crippen LogP contribution in [0.1, 0.15) is 38.2 Å². The number of hydrogen-bond donors (Lipinski definition) is 1. The Morgan fingerprint density at radius 2 is 2.05 bits per heavy atom. The van der Waals surface area contributed by atoms with E-state index in [-0.39, 0.29) is 5.97 Å². The number of hydrogen-bond acceptors (Lipinski definition) is 4. The molecular weight excluding hydrogens is 242 g/mol. The first-order chi connectivity index (χ1) is 9.08. The van der Waals surface area contributed by atoms with Gasteiger partial charge in [0.05, 0.1) is 14.2 Å². The minimum Gasteiger partial charge on any atom is -0.496 e. The third kappa shape index (κ3) is 4.81.